The Bertz CT molecular complexity index is 985. The van der Waals surface area contributed by atoms with Crippen LogP contribution in [0.1, 0.15) is 10.5 Å². The van der Waals surface area contributed by atoms with E-state index < -0.39 is 15.9 Å². The number of pyridine rings is 1. The van der Waals surface area contributed by atoms with E-state index in [-0.39, 0.29) is 10.6 Å². The van der Waals surface area contributed by atoms with Gasteiger partial charge in [-0.2, -0.15) is 0 Å². The first kappa shape index (κ1) is 16.2. The van der Waals surface area contributed by atoms with E-state index in [1.165, 1.54) is 36.8 Å². The lowest BCUT2D eigenvalue weighted by molar-refractivity contribution is 0.102. The van der Waals surface area contributed by atoms with Gasteiger partial charge in [0.1, 0.15) is 5.69 Å². The highest BCUT2D eigenvalue weighted by Crippen LogP contribution is 2.20. The van der Waals surface area contributed by atoms with Crippen molar-refractivity contribution in [3.05, 3.63) is 77.8 Å². The van der Waals surface area contributed by atoms with E-state index in [9.17, 15) is 13.2 Å². The predicted molar refractivity (Wildman–Crippen MR) is 90.7 cm³/mol. The molecule has 0 fully saturated rings. The Morgan fingerprint density at radius 2 is 1.96 bits per heavy atom. The van der Waals surface area contributed by atoms with E-state index in [1.807, 2.05) is 0 Å². The first-order valence-corrected chi connectivity index (χ1v) is 8.70. The number of benzene rings is 1. The smallest absolute Gasteiger partial charge is 0.274 e. The minimum Gasteiger partial charge on any atom is -0.319 e. The normalized spacial score (nSPS) is 11.2. The fourth-order valence-corrected chi connectivity index (χ4v) is 3.54. The summed E-state index contributed by atoms with van der Waals surface area (Å²) in [6.45, 7) is 0. The molecule has 1 aromatic carbocycles. The number of hydrogen-bond donors (Lipinski definition) is 1. The summed E-state index contributed by atoms with van der Waals surface area (Å²) in [5.74, 6) is -0.423. The van der Waals surface area contributed by atoms with Crippen LogP contribution in [0.25, 0.3) is 0 Å². The molecule has 2 aromatic heterocycles. The molecule has 6 nitrogen and oxygen atoms in total. The predicted octanol–water partition coefficient (Wildman–Crippen LogP) is 3.03. The molecule has 0 saturated carbocycles. The third-order valence-corrected chi connectivity index (χ3v) is 5.06. The first-order chi connectivity index (χ1) is 11.5. The Hall–Kier alpha value is -2.64. The van der Waals surface area contributed by atoms with Gasteiger partial charge in [0, 0.05) is 23.6 Å². The third kappa shape index (κ3) is 3.32. The molecular weight excluding hydrogens is 350 g/mol. The van der Waals surface area contributed by atoms with Crippen LogP contribution in [0.4, 0.5) is 5.69 Å². The molecule has 0 saturated heterocycles. The summed E-state index contributed by atoms with van der Waals surface area (Å²) < 4.78 is 26.1. The van der Waals surface area contributed by atoms with Gasteiger partial charge in [0.25, 0.3) is 15.9 Å². The second-order valence-corrected chi connectivity index (χ2v) is 7.14. The quantitative estimate of drug-likeness (QED) is 0.774. The summed E-state index contributed by atoms with van der Waals surface area (Å²) in [6, 6.07) is 12.4. The van der Waals surface area contributed by atoms with Gasteiger partial charge in [-0.1, -0.05) is 23.7 Å². The van der Waals surface area contributed by atoms with E-state index >= 15 is 0 Å². The van der Waals surface area contributed by atoms with E-state index in [1.54, 1.807) is 30.3 Å². The van der Waals surface area contributed by atoms with Crippen LogP contribution < -0.4 is 5.32 Å². The Morgan fingerprint density at radius 1 is 1.12 bits per heavy atom. The van der Waals surface area contributed by atoms with Crippen molar-refractivity contribution in [1.29, 1.82) is 0 Å². The number of anilines is 1. The number of rotatable bonds is 4. The average molecular weight is 362 g/mol. The maximum atomic E-state index is 12.5. The average Bonchev–Trinajstić information content (AvgIpc) is 3.05. The largest absolute Gasteiger partial charge is 0.319 e. The van der Waals surface area contributed by atoms with Crippen LogP contribution >= 0.6 is 11.6 Å². The summed E-state index contributed by atoms with van der Waals surface area (Å²) >= 11 is 5.84. The summed E-state index contributed by atoms with van der Waals surface area (Å²) in [7, 11) is -3.78. The third-order valence-electron chi connectivity index (χ3n) is 3.19. The molecule has 8 heteroatoms. The second-order valence-electron chi connectivity index (χ2n) is 4.86. The molecule has 0 atom stereocenters. The fraction of sp³-hybridized carbons (Fsp3) is 0. The zero-order chi connectivity index (χ0) is 17.2. The molecule has 0 radical (unpaired) electrons. The molecule has 0 spiro atoms. The minimum absolute atomic E-state index is 0.0632. The van der Waals surface area contributed by atoms with Crippen LogP contribution in [-0.2, 0) is 10.0 Å². The molecule has 0 aliphatic rings. The number of carbonyl (C=O) groups is 1. The number of hydrogen-bond acceptors (Lipinski definition) is 4. The molecule has 3 aromatic rings. The monoisotopic (exact) mass is 361 g/mol. The van der Waals surface area contributed by atoms with Gasteiger partial charge >= 0.3 is 0 Å². The number of amides is 1. The summed E-state index contributed by atoms with van der Waals surface area (Å²) in [5.41, 5.74) is 0.583. The van der Waals surface area contributed by atoms with Crippen molar-refractivity contribution in [2.75, 3.05) is 5.32 Å². The highest BCUT2D eigenvalue weighted by atomic mass is 35.5. The van der Waals surface area contributed by atoms with Crippen molar-refractivity contribution in [3.8, 4) is 0 Å². The lowest BCUT2D eigenvalue weighted by Gasteiger charge is -2.06. The first-order valence-electron chi connectivity index (χ1n) is 6.88. The van der Waals surface area contributed by atoms with E-state index in [4.69, 9.17) is 11.6 Å². The molecular formula is C16H12ClN3O3S. The highest BCUT2D eigenvalue weighted by molar-refractivity contribution is 7.90. The summed E-state index contributed by atoms with van der Waals surface area (Å²) in [6.07, 6.45) is 4.17. The van der Waals surface area contributed by atoms with Crippen molar-refractivity contribution in [2.45, 2.75) is 4.90 Å². The highest BCUT2D eigenvalue weighted by Gasteiger charge is 2.17. The van der Waals surface area contributed by atoms with Gasteiger partial charge in [0.15, 0.2) is 0 Å². The zero-order valence-electron chi connectivity index (χ0n) is 12.3. The van der Waals surface area contributed by atoms with Crippen LogP contribution in [0.2, 0.25) is 5.02 Å². The topological polar surface area (TPSA) is 81.1 Å². The summed E-state index contributed by atoms with van der Waals surface area (Å²) in [5, 5.41) is 2.93. The molecule has 0 bridgehead atoms. The molecule has 24 heavy (non-hydrogen) atoms. The maximum Gasteiger partial charge on any atom is 0.274 e. The van der Waals surface area contributed by atoms with Gasteiger partial charge in [-0.25, -0.2) is 12.4 Å². The molecule has 2 heterocycles. The van der Waals surface area contributed by atoms with E-state index in [0.717, 1.165) is 3.97 Å². The van der Waals surface area contributed by atoms with Gasteiger partial charge in [-0.05, 0) is 36.4 Å². The number of carbonyl (C=O) groups excluding carboxylic acids is 1. The molecule has 1 amide bonds. The Balaban J connectivity index is 1.84. The van der Waals surface area contributed by atoms with Crippen LogP contribution in [0.15, 0.2) is 72.0 Å². The lowest BCUT2D eigenvalue weighted by atomic mass is 10.3. The van der Waals surface area contributed by atoms with Gasteiger partial charge in [-0.3, -0.25) is 9.78 Å². The van der Waals surface area contributed by atoms with E-state index in [2.05, 4.69) is 10.3 Å². The van der Waals surface area contributed by atoms with Gasteiger partial charge < -0.3 is 5.32 Å². The van der Waals surface area contributed by atoms with Crippen molar-refractivity contribution in [2.24, 2.45) is 0 Å². The molecule has 3 rings (SSSR count). The van der Waals surface area contributed by atoms with Gasteiger partial charge in [0.2, 0.25) is 0 Å². The second kappa shape index (κ2) is 6.46. The minimum atomic E-state index is -3.78. The van der Waals surface area contributed by atoms with Crippen LogP contribution in [-0.4, -0.2) is 23.3 Å². The lowest BCUT2D eigenvalue weighted by Crippen LogP contribution is -2.14. The van der Waals surface area contributed by atoms with Crippen molar-refractivity contribution in [1.82, 2.24) is 8.96 Å². The number of aromatic nitrogens is 2. The molecule has 122 valence electrons. The summed E-state index contributed by atoms with van der Waals surface area (Å²) in [4.78, 5) is 16.0. The molecule has 1 N–H and O–H groups in total. The number of nitrogens with one attached hydrogen (secondary N) is 1. The number of nitrogens with zero attached hydrogens (tertiary/aromatic N) is 2. The fourth-order valence-electron chi connectivity index (χ4n) is 2.04. The maximum absolute atomic E-state index is 12.5. The van der Waals surface area contributed by atoms with Crippen LogP contribution in [0.3, 0.4) is 0 Å². The van der Waals surface area contributed by atoms with Crippen LogP contribution in [0.5, 0.6) is 0 Å². The van der Waals surface area contributed by atoms with Crippen molar-refractivity contribution < 1.29 is 13.2 Å². The van der Waals surface area contributed by atoms with E-state index in [0.29, 0.717) is 10.7 Å². The number of halogens is 1. The standard InChI is InChI=1S/C16H12ClN3O3S/c17-12-4-3-5-14(10-12)24(22,23)20-9-7-13(11-20)19-16(21)15-6-1-2-8-18-15/h1-11H,(H,19,21). The SMILES string of the molecule is O=C(Nc1ccn(S(=O)(=O)c2cccc(Cl)c2)c1)c1ccccn1. The van der Waals surface area contributed by atoms with Gasteiger partial charge in [0.05, 0.1) is 10.6 Å². The van der Waals surface area contributed by atoms with Crippen molar-refractivity contribution in [3.63, 3.8) is 0 Å². The molecule has 0 aliphatic heterocycles. The van der Waals surface area contributed by atoms with Crippen LogP contribution in [0, 0.1) is 0 Å². The molecule has 0 unspecified atom stereocenters. The molecule has 0 aliphatic carbocycles. The Labute approximate surface area is 143 Å². The Kier molecular flexibility index (Phi) is 4.37. The zero-order valence-corrected chi connectivity index (χ0v) is 13.8. The van der Waals surface area contributed by atoms with Crippen molar-refractivity contribution >= 4 is 33.2 Å². The Morgan fingerprint density at radius 3 is 2.67 bits per heavy atom. The van der Waals surface area contributed by atoms with Gasteiger partial charge in [-0.15, -0.1) is 0 Å².